The number of ether oxygens (including phenoxy) is 1. The van der Waals surface area contributed by atoms with Crippen LogP contribution in [0.25, 0.3) is 0 Å². The van der Waals surface area contributed by atoms with Crippen molar-refractivity contribution in [1.29, 1.82) is 0 Å². The SMILES string of the molecule is CNCC1CCCCCC1CCCOc1ccccc1. The van der Waals surface area contributed by atoms with Gasteiger partial charge < -0.3 is 10.1 Å². The predicted molar refractivity (Wildman–Crippen MR) is 85.2 cm³/mol. The van der Waals surface area contributed by atoms with Crippen LogP contribution in [0.15, 0.2) is 30.3 Å². The molecule has 0 aromatic heterocycles. The molecule has 0 saturated heterocycles. The molecule has 1 fully saturated rings. The Morgan fingerprint density at radius 3 is 2.55 bits per heavy atom. The fourth-order valence-corrected chi connectivity index (χ4v) is 3.42. The number of hydrogen-bond acceptors (Lipinski definition) is 2. The van der Waals surface area contributed by atoms with Crippen LogP contribution in [0.2, 0.25) is 0 Å². The zero-order valence-corrected chi connectivity index (χ0v) is 12.8. The summed E-state index contributed by atoms with van der Waals surface area (Å²) < 4.78 is 5.81. The normalized spacial score (nSPS) is 23.2. The molecule has 2 atom stereocenters. The van der Waals surface area contributed by atoms with Crippen molar-refractivity contribution in [2.45, 2.75) is 44.9 Å². The third-order valence-corrected chi connectivity index (χ3v) is 4.51. The van der Waals surface area contributed by atoms with E-state index in [0.29, 0.717) is 0 Å². The van der Waals surface area contributed by atoms with Gasteiger partial charge >= 0.3 is 0 Å². The van der Waals surface area contributed by atoms with Gasteiger partial charge in [-0.3, -0.25) is 0 Å². The van der Waals surface area contributed by atoms with E-state index in [-0.39, 0.29) is 0 Å². The van der Waals surface area contributed by atoms with Gasteiger partial charge in [-0.05, 0) is 56.8 Å². The van der Waals surface area contributed by atoms with E-state index in [0.717, 1.165) is 24.2 Å². The van der Waals surface area contributed by atoms with Crippen molar-refractivity contribution < 1.29 is 4.74 Å². The quantitative estimate of drug-likeness (QED) is 0.593. The van der Waals surface area contributed by atoms with Gasteiger partial charge in [0.25, 0.3) is 0 Å². The molecule has 2 rings (SSSR count). The van der Waals surface area contributed by atoms with Crippen molar-refractivity contribution in [3.8, 4) is 5.75 Å². The second-order valence-electron chi connectivity index (χ2n) is 6.02. The van der Waals surface area contributed by atoms with E-state index >= 15 is 0 Å². The fraction of sp³-hybridized carbons (Fsp3) is 0.667. The minimum absolute atomic E-state index is 0.854. The minimum Gasteiger partial charge on any atom is -0.494 e. The highest BCUT2D eigenvalue weighted by atomic mass is 16.5. The lowest BCUT2D eigenvalue weighted by atomic mass is 9.84. The largest absolute Gasteiger partial charge is 0.494 e. The smallest absolute Gasteiger partial charge is 0.119 e. The maximum Gasteiger partial charge on any atom is 0.119 e. The molecule has 1 aliphatic rings. The van der Waals surface area contributed by atoms with Gasteiger partial charge in [0.1, 0.15) is 5.75 Å². The first kappa shape index (κ1) is 15.4. The Kier molecular flexibility index (Phi) is 6.93. The average Bonchev–Trinajstić information content (AvgIpc) is 2.71. The molecule has 0 aliphatic heterocycles. The highest BCUT2D eigenvalue weighted by molar-refractivity contribution is 5.20. The molecule has 0 spiro atoms. The molecule has 1 saturated carbocycles. The average molecular weight is 275 g/mol. The summed E-state index contributed by atoms with van der Waals surface area (Å²) in [6, 6.07) is 10.2. The second kappa shape index (κ2) is 9.02. The number of hydrogen-bond donors (Lipinski definition) is 1. The molecule has 1 aromatic carbocycles. The van der Waals surface area contributed by atoms with Crippen LogP contribution in [-0.4, -0.2) is 20.2 Å². The van der Waals surface area contributed by atoms with Crippen LogP contribution < -0.4 is 10.1 Å². The van der Waals surface area contributed by atoms with Gasteiger partial charge in [0.2, 0.25) is 0 Å². The molecule has 1 aromatic rings. The molecular weight excluding hydrogens is 246 g/mol. The summed E-state index contributed by atoms with van der Waals surface area (Å²) in [6.45, 7) is 2.04. The van der Waals surface area contributed by atoms with E-state index in [2.05, 4.69) is 12.4 Å². The summed E-state index contributed by atoms with van der Waals surface area (Å²) in [5.74, 6) is 2.77. The number of benzene rings is 1. The summed E-state index contributed by atoms with van der Waals surface area (Å²) >= 11 is 0. The Morgan fingerprint density at radius 2 is 1.80 bits per heavy atom. The van der Waals surface area contributed by atoms with E-state index in [1.807, 2.05) is 30.3 Å². The Balaban J connectivity index is 1.70. The summed E-state index contributed by atoms with van der Waals surface area (Å²) in [6.07, 6.45) is 9.59. The molecule has 0 amide bonds. The van der Waals surface area contributed by atoms with E-state index in [4.69, 9.17) is 4.74 Å². The predicted octanol–water partition coefficient (Wildman–Crippen LogP) is 4.26. The third kappa shape index (κ3) is 5.16. The monoisotopic (exact) mass is 275 g/mol. The maximum atomic E-state index is 5.81. The van der Waals surface area contributed by atoms with Gasteiger partial charge in [0, 0.05) is 0 Å². The topological polar surface area (TPSA) is 21.3 Å². The van der Waals surface area contributed by atoms with Crippen LogP contribution in [-0.2, 0) is 0 Å². The van der Waals surface area contributed by atoms with Gasteiger partial charge in [0.15, 0.2) is 0 Å². The number of para-hydroxylation sites is 1. The van der Waals surface area contributed by atoms with Crippen LogP contribution in [0, 0.1) is 11.8 Å². The van der Waals surface area contributed by atoms with Crippen LogP contribution in [0.3, 0.4) is 0 Å². The zero-order valence-electron chi connectivity index (χ0n) is 12.8. The molecule has 1 N–H and O–H groups in total. The molecular formula is C18H29NO. The summed E-state index contributed by atoms with van der Waals surface area (Å²) in [5, 5.41) is 3.38. The Bertz CT molecular complexity index is 352. The molecule has 112 valence electrons. The van der Waals surface area contributed by atoms with Gasteiger partial charge in [-0.1, -0.05) is 43.9 Å². The molecule has 0 radical (unpaired) electrons. The summed E-state index contributed by atoms with van der Waals surface area (Å²) in [5.41, 5.74) is 0. The molecule has 2 heteroatoms. The van der Waals surface area contributed by atoms with Gasteiger partial charge in [0.05, 0.1) is 6.61 Å². The number of rotatable bonds is 7. The fourth-order valence-electron chi connectivity index (χ4n) is 3.42. The van der Waals surface area contributed by atoms with Crippen molar-refractivity contribution >= 4 is 0 Å². The van der Waals surface area contributed by atoms with Crippen molar-refractivity contribution in [1.82, 2.24) is 5.32 Å². The van der Waals surface area contributed by atoms with Crippen LogP contribution in [0.5, 0.6) is 5.75 Å². The van der Waals surface area contributed by atoms with Crippen molar-refractivity contribution in [3.63, 3.8) is 0 Å². The summed E-state index contributed by atoms with van der Waals surface area (Å²) in [7, 11) is 2.08. The third-order valence-electron chi connectivity index (χ3n) is 4.51. The Hall–Kier alpha value is -1.02. The lowest BCUT2D eigenvalue weighted by Gasteiger charge is -2.25. The van der Waals surface area contributed by atoms with Crippen molar-refractivity contribution in [3.05, 3.63) is 30.3 Å². The molecule has 1 aliphatic carbocycles. The first-order valence-electron chi connectivity index (χ1n) is 8.22. The Labute approximate surface area is 123 Å². The molecule has 2 unspecified atom stereocenters. The number of nitrogens with one attached hydrogen (secondary N) is 1. The van der Waals surface area contributed by atoms with Gasteiger partial charge in [-0.2, -0.15) is 0 Å². The molecule has 2 nitrogen and oxygen atoms in total. The lowest BCUT2D eigenvalue weighted by Crippen LogP contribution is -2.25. The van der Waals surface area contributed by atoms with E-state index in [1.54, 1.807) is 0 Å². The van der Waals surface area contributed by atoms with E-state index in [1.165, 1.54) is 51.5 Å². The molecule has 0 heterocycles. The van der Waals surface area contributed by atoms with Crippen molar-refractivity contribution in [2.75, 3.05) is 20.2 Å². The standard InChI is InChI=1S/C18H29NO/c1-19-15-17-10-5-2-4-9-16(17)11-8-14-20-18-12-6-3-7-13-18/h3,6-7,12-13,16-17,19H,2,4-5,8-11,14-15H2,1H3. The summed E-state index contributed by atoms with van der Waals surface area (Å²) in [4.78, 5) is 0. The molecule has 20 heavy (non-hydrogen) atoms. The van der Waals surface area contributed by atoms with Crippen LogP contribution >= 0.6 is 0 Å². The first-order valence-corrected chi connectivity index (χ1v) is 8.22. The highest BCUT2D eigenvalue weighted by Crippen LogP contribution is 2.31. The van der Waals surface area contributed by atoms with E-state index in [9.17, 15) is 0 Å². The van der Waals surface area contributed by atoms with E-state index < -0.39 is 0 Å². The maximum absolute atomic E-state index is 5.81. The lowest BCUT2D eigenvalue weighted by molar-refractivity contribution is 0.246. The van der Waals surface area contributed by atoms with Gasteiger partial charge in [-0.25, -0.2) is 0 Å². The van der Waals surface area contributed by atoms with Gasteiger partial charge in [-0.15, -0.1) is 0 Å². The van der Waals surface area contributed by atoms with Crippen molar-refractivity contribution in [2.24, 2.45) is 11.8 Å². The van der Waals surface area contributed by atoms with Crippen LogP contribution in [0.4, 0.5) is 0 Å². The Morgan fingerprint density at radius 1 is 1.05 bits per heavy atom. The minimum atomic E-state index is 0.854. The zero-order chi connectivity index (χ0) is 14.0. The molecule has 0 bridgehead atoms. The first-order chi connectivity index (χ1) is 9.90. The van der Waals surface area contributed by atoms with Crippen LogP contribution in [0.1, 0.15) is 44.9 Å². The highest BCUT2D eigenvalue weighted by Gasteiger charge is 2.22. The second-order valence-corrected chi connectivity index (χ2v) is 6.02.